The van der Waals surface area contributed by atoms with E-state index in [4.69, 9.17) is 14.4 Å². The lowest BCUT2D eigenvalue weighted by Gasteiger charge is -2.31. The van der Waals surface area contributed by atoms with Gasteiger partial charge in [-0.2, -0.15) is 0 Å². The van der Waals surface area contributed by atoms with Crippen LogP contribution in [0.4, 0.5) is 11.6 Å². The van der Waals surface area contributed by atoms with E-state index >= 15 is 0 Å². The Balaban J connectivity index is 1.12. The van der Waals surface area contributed by atoms with E-state index in [-0.39, 0.29) is 12.0 Å². The Bertz CT molecular complexity index is 2890. The van der Waals surface area contributed by atoms with E-state index in [1.165, 1.54) is 16.7 Å². The second-order valence-electron chi connectivity index (χ2n) is 13.7. The highest BCUT2D eigenvalue weighted by Gasteiger charge is 2.43. The molecule has 1 aliphatic carbocycles. The molecule has 2 aliphatic rings. The van der Waals surface area contributed by atoms with Gasteiger partial charge in [0.1, 0.15) is 11.2 Å². The van der Waals surface area contributed by atoms with Crippen LogP contribution in [0.3, 0.4) is 0 Å². The van der Waals surface area contributed by atoms with Crippen LogP contribution in [-0.2, 0) is 0 Å². The van der Waals surface area contributed by atoms with Crippen molar-refractivity contribution >= 4 is 50.6 Å². The van der Waals surface area contributed by atoms with Gasteiger partial charge in [0.25, 0.3) is 0 Å². The molecular weight excluding hydrogens is 635 g/mol. The number of rotatable bonds is 4. The molecule has 4 heteroatoms. The molecule has 244 valence electrons. The van der Waals surface area contributed by atoms with Crippen molar-refractivity contribution in [2.45, 2.75) is 12.0 Å². The molecular formula is C48H31N3O. The minimum Gasteiger partial charge on any atom is -0.456 e. The predicted molar refractivity (Wildman–Crippen MR) is 213 cm³/mol. The largest absolute Gasteiger partial charge is 0.456 e. The highest BCUT2D eigenvalue weighted by molar-refractivity contribution is 6.06. The van der Waals surface area contributed by atoms with Crippen LogP contribution in [0.1, 0.15) is 22.6 Å². The fourth-order valence-corrected chi connectivity index (χ4v) is 8.49. The monoisotopic (exact) mass is 665 g/mol. The first kappa shape index (κ1) is 29.0. The van der Waals surface area contributed by atoms with Gasteiger partial charge in [-0.25, -0.2) is 9.97 Å². The summed E-state index contributed by atoms with van der Waals surface area (Å²) in [5.41, 5.74) is 14.4. The van der Waals surface area contributed by atoms with E-state index < -0.39 is 0 Å². The zero-order chi connectivity index (χ0) is 34.2. The number of fused-ring (bicyclic) bond motifs is 9. The third-order valence-electron chi connectivity index (χ3n) is 10.8. The Morgan fingerprint density at radius 1 is 0.500 bits per heavy atom. The summed E-state index contributed by atoms with van der Waals surface area (Å²) in [7, 11) is 0. The molecule has 9 aromatic rings. The molecule has 1 aliphatic heterocycles. The van der Waals surface area contributed by atoms with Crippen molar-refractivity contribution in [2.24, 2.45) is 0 Å². The van der Waals surface area contributed by atoms with Gasteiger partial charge in [-0.3, -0.25) is 0 Å². The fraction of sp³-hybridized carbons (Fsp3) is 0.0417. The number of furan rings is 1. The molecule has 0 amide bonds. The summed E-state index contributed by atoms with van der Waals surface area (Å²) in [6, 6.07) is 58.1. The second-order valence-corrected chi connectivity index (χ2v) is 13.7. The summed E-state index contributed by atoms with van der Waals surface area (Å²) < 4.78 is 6.15. The van der Waals surface area contributed by atoms with Crippen LogP contribution in [-0.4, -0.2) is 16.0 Å². The summed E-state index contributed by atoms with van der Waals surface area (Å²) >= 11 is 0. The molecule has 3 heterocycles. The smallest absolute Gasteiger partial charge is 0.231 e. The van der Waals surface area contributed by atoms with Crippen molar-refractivity contribution in [1.82, 2.24) is 9.97 Å². The molecule has 2 aromatic heterocycles. The Hall–Kier alpha value is -6.78. The number of hydrogen-bond donors (Lipinski definition) is 0. The first-order chi connectivity index (χ1) is 25.8. The van der Waals surface area contributed by atoms with E-state index in [1.54, 1.807) is 0 Å². The van der Waals surface area contributed by atoms with Gasteiger partial charge in [0.15, 0.2) is 0 Å². The number of para-hydroxylation sites is 3. The number of nitrogens with zero attached hydrogens (tertiary/aromatic N) is 3. The minimum atomic E-state index is 0.01000. The van der Waals surface area contributed by atoms with E-state index in [0.717, 1.165) is 72.0 Å². The first-order valence-corrected chi connectivity index (χ1v) is 17.8. The molecule has 0 radical (unpaired) electrons. The average molecular weight is 666 g/mol. The molecule has 4 nitrogen and oxygen atoms in total. The zero-order valence-corrected chi connectivity index (χ0v) is 28.1. The van der Waals surface area contributed by atoms with Crippen LogP contribution in [0.15, 0.2) is 174 Å². The third-order valence-corrected chi connectivity index (χ3v) is 10.8. The standard InChI is InChI=1S/C48H31N3O/c1-2-13-31(14-3-1)46-38-19-6-8-22-41(38)49-48(50-46)51-42-26-24-30-12-4-5-17-35(30)45(42)39-21-11-20-36(47(39)51)34-16-10-15-32(28-34)33-25-27-44-40(29-33)37-18-7-9-23-43(37)52-44/h1-29,42,45H. The summed E-state index contributed by atoms with van der Waals surface area (Å²) in [4.78, 5) is 13.1. The van der Waals surface area contributed by atoms with Crippen molar-refractivity contribution in [3.05, 3.63) is 187 Å². The Morgan fingerprint density at radius 2 is 1.21 bits per heavy atom. The molecule has 52 heavy (non-hydrogen) atoms. The molecule has 0 fully saturated rings. The maximum Gasteiger partial charge on any atom is 0.231 e. The van der Waals surface area contributed by atoms with E-state index in [9.17, 15) is 0 Å². The van der Waals surface area contributed by atoms with E-state index in [1.807, 2.05) is 12.1 Å². The Kier molecular flexibility index (Phi) is 6.34. The normalized spacial score (nSPS) is 16.0. The maximum atomic E-state index is 6.15. The van der Waals surface area contributed by atoms with Gasteiger partial charge in [-0.05, 0) is 63.7 Å². The van der Waals surface area contributed by atoms with E-state index in [0.29, 0.717) is 5.95 Å². The number of aromatic nitrogens is 2. The van der Waals surface area contributed by atoms with Crippen LogP contribution < -0.4 is 4.90 Å². The van der Waals surface area contributed by atoms with Gasteiger partial charge in [0, 0.05) is 33.2 Å². The lowest BCUT2D eigenvalue weighted by Crippen LogP contribution is -2.32. The van der Waals surface area contributed by atoms with Crippen LogP contribution in [0.2, 0.25) is 0 Å². The number of benzene rings is 7. The summed E-state index contributed by atoms with van der Waals surface area (Å²) in [6.07, 6.45) is 4.61. The highest BCUT2D eigenvalue weighted by Crippen LogP contribution is 2.54. The lowest BCUT2D eigenvalue weighted by molar-refractivity contribution is 0.669. The highest BCUT2D eigenvalue weighted by atomic mass is 16.3. The average Bonchev–Trinajstić information content (AvgIpc) is 3.76. The van der Waals surface area contributed by atoms with Crippen LogP contribution in [0.25, 0.3) is 72.4 Å². The predicted octanol–water partition coefficient (Wildman–Crippen LogP) is 12.2. The zero-order valence-electron chi connectivity index (χ0n) is 28.1. The summed E-state index contributed by atoms with van der Waals surface area (Å²) in [6.45, 7) is 0. The molecule has 0 spiro atoms. The van der Waals surface area contributed by atoms with Gasteiger partial charge in [-0.1, -0.05) is 146 Å². The van der Waals surface area contributed by atoms with Gasteiger partial charge < -0.3 is 9.32 Å². The van der Waals surface area contributed by atoms with Crippen molar-refractivity contribution in [2.75, 3.05) is 4.90 Å². The molecule has 0 bridgehead atoms. The van der Waals surface area contributed by atoms with Gasteiger partial charge in [-0.15, -0.1) is 0 Å². The van der Waals surface area contributed by atoms with Crippen molar-refractivity contribution < 1.29 is 4.42 Å². The molecule has 2 atom stereocenters. The number of anilines is 2. The number of hydrogen-bond acceptors (Lipinski definition) is 4. The van der Waals surface area contributed by atoms with Crippen LogP contribution in [0.5, 0.6) is 0 Å². The Morgan fingerprint density at radius 3 is 2.15 bits per heavy atom. The molecule has 11 rings (SSSR count). The minimum absolute atomic E-state index is 0.01000. The van der Waals surface area contributed by atoms with Crippen molar-refractivity contribution in [3.63, 3.8) is 0 Å². The Labute approximate surface area is 301 Å². The third kappa shape index (κ3) is 4.41. The molecule has 0 saturated carbocycles. The second kappa shape index (κ2) is 11.4. The van der Waals surface area contributed by atoms with Crippen LogP contribution in [0, 0.1) is 0 Å². The summed E-state index contributed by atoms with van der Waals surface area (Å²) in [5, 5.41) is 3.30. The molecule has 0 saturated heterocycles. The quantitative estimate of drug-likeness (QED) is 0.188. The van der Waals surface area contributed by atoms with Crippen LogP contribution >= 0.6 is 0 Å². The van der Waals surface area contributed by atoms with Gasteiger partial charge in [0.05, 0.1) is 22.9 Å². The fourth-order valence-electron chi connectivity index (χ4n) is 8.49. The SMILES string of the molecule is C1=CC2C(c3ccccc31)c1cccc(-c3cccc(-c4ccc5oc6ccccc6c5c4)c3)c1N2c1nc(-c2ccccc2)c2ccccc2n1. The molecule has 7 aromatic carbocycles. The molecule has 0 N–H and O–H groups in total. The topological polar surface area (TPSA) is 42.2 Å². The van der Waals surface area contributed by atoms with E-state index in [2.05, 4.69) is 169 Å². The van der Waals surface area contributed by atoms with Crippen molar-refractivity contribution in [3.8, 4) is 33.5 Å². The van der Waals surface area contributed by atoms with Gasteiger partial charge >= 0.3 is 0 Å². The first-order valence-electron chi connectivity index (χ1n) is 17.8. The summed E-state index contributed by atoms with van der Waals surface area (Å²) in [5.74, 6) is 0.836. The van der Waals surface area contributed by atoms with Gasteiger partial charge in [0.2, 0.25) is 5.95 Å². The van der Waals surface area contributed by atoms with Crippen molar-refractivity contribution in [1.29, 1.82) is 0 Å². The maximum absolute atomic E-state index is 6.15. The lowest BCUT2D eigenvalue weighted by atomic mass is 9.81. The molecule has 2 unspecified atom stereocenters.